The Morgan fingerprint density at radius 2 is 1.02 bits per heavy atom. The Bertz CT molecular complexity index is 2720. The molecule has 2 fully saturated rings. The molecule has 81 heavy (non-hydrogen) atoms. The van der Waals surface area contributed by atoms with E-state index in [0.717, 1.165) is 11.3 Å². The van der Waals surface area contributed by atoms with Gasteiger partial charge in [-0.3, -0.25) is 14.4 Å². The lowest BCUT2D eigenvalue weighted by molar-refractivity contribution is -0.134. The van der Waals surface area contributed by atoms with E-state index in [-0.39, 0.29) is 48.1 Å². The summed E-state index contributed by atoms with van der Waals surface area (Å²) in [6.07, 6.45) is -0.433. The molecule has 2 saturated heterocycles. The Kier molecular flexibility index (Phi) is 27.2. The Morgan fingerprint density at radius 3 is 1.41 bits per heavy atom. The van der Waals surface area contributed by atoms with Gasteiger partial charge < -0.3 is 60.2 Å². The third-order valence-electron chi connectivity index (χ3n) is 12.4. The van der Waals surface area contributed by atoms with Gasteiger partial charge in [-0.2, -0.15) is 0 Å². The molecule has 0 aromatic heterocycles. The van der Waals surface area contributed by atoms with Crippen molar-refractivity contribution in [3.8, 4) is 0 Å². The van der Waals surface area contributed by atoms with Crippen LogP contribution in [0.5, 0.6) is 0 Å². The van der Waals surface area contributed by atoms with Gasteiger partial charge >= 0.3 is 12.2 Å². The van der Waals surface area contributed by atoms with E-state index in [4.69, 9.17) is 66.3 Å². The van der Waals surface area contributed by atoms with Crippen LogP contribution in [0.1, 0.15) is 82.4 Å². The van der Waals surface area contributed by atoms with Crippen LogP contribution < -0.4 is 31.5 Å². The summed E-state index contributed by atoms with van der Waals surface area (Å²) < 4.78 is 48.2. The fraction of sp³-hybridized carbons (Fsp3) is 0.500. The lowest BCUT2D eigenvalue weighted by atomic mass is 10.0. The molecule has 0 unspecified atom stereocenters. The number of halogens is 6. The van der Waals surface area contributed by atoms with E-state index in [1.165, 1.54) is 24.3 Å². The van der Waals surface area contributed by atoms with Crippen LogP contribution in [-0.2, 0) is 47.9 Å². The fourth-order valence-electron chi connectivity index (χ4n) is 8.66. The lowest BCUT2D eigenvalue weighted by Crippen LogP contribution is -2.56. The standard InChI is InChI=1S/C29H39Cl2FN4O4.C25H28Cl2FN3O4.C4H11NO/c1-19(18-39-5)33-17-21-14-23(32)8-9-26(21)35-10-12-36(13-11-35)27(37)25(34-28(38)40-29(2,3)4)15-20-6-7-22(30)16-24(20)31;1-25(2,3)35-24(34)29-21(13-16-4-5-18(26)14-20(16)27)23(33)31-10-8-30(9-11-31)22-7-6-19(28)12-17(22)15-32;1-4(5)3-6-2/h6-9,14,16,19,25,33H,10-13,15,17-18H2,1-5H3,(H,34,38);4-7,12,14-15,21H,8-11,13H2,1-3H3,(H,29,34);4H,3,5H2,1-2H3/t19-,25-;21-;4-/m111/s1. The van der Waals surface area contributed by atoms with Crippen LogP contribution in [0.25, 0.3) is 0 Å². The van der Waals surface area contributed by atoms with Gasteiger partial charge in [0.15, 0.2) is 6.29 Å². The summed E-state index contributed by atoms with van der Waals surface area (Å²) in [5.41, 5.74) is 7.80. The van der Waals surface area contributed by atoms with Crippen LogP contribution in [0.4, 0.5) is 29.7 Å². The molecule has 0 saturated carbocycles. The Hall–Kier alpha value is -5.51. The Balaban J connectivity index is 0.000000318. The molecule has 2 aliphatic rings. The number of nitrogens with two attached hydrogens (primary N) is 1. The predicted octanol–water partition coefficient (Wildman–Crippen LogP) is 9.75. The number of piperazine rings is 2. The van der Waals surface area contributed by atoms with E-state index in [9.17, 15) is 32.8 Å². The molecule has 0 radical (unpaired) electrons. The average molecular weight is 1210 g/mol. The van der Waals surface area contributed by atoms with E-state index in [2.05, 4.69) is 25.6 Å². The minimum Gasteiger partial charge on any atom is -0.444 e. The molecule has 446 valence electrons. The number of ether oxygens (including phenoxy) is 4. The summed E-state index contributed by atoms with van der Waals surface area (Å²) in [6.45, 7) is 19.7. The Morgan fingerprint density at radius 1 is 0.605 bits per heavy atom. The quantitative estimate of drug-likeness (QED) is 0.0688. The van der Waals surface area contributed by atoms with Crippen molar-refractivity contribution in [1.82, 2.24) is 25.8 Å². The topological polar surface area (TPSA) is 197 Å². The molecule has 17 nitrogen and oxygen atoms in total. The molecule has 0 bridgehead atoms. The number of amides is 4. The number of aldehydes is 1. The molecule has 4 aromatic carbocycles. The van der Waals surface area contributed by atoms with Crippen LogP contribution in [-0.4, -0.2) is 155 Å². The zero-order valence-corrected chi connectivity index (χ0v) is 50.8. The van der Waals surface area contributed by atoms with Crippen LogP contribution in [0, 0.1) is 11.6 Å². The second-order valence-electron chi connectivity index (χ2n) is 21.7. The van der Waals surface area contributed by atoms with E-state index in [0.29, 0.717) is 115 Å². The maximum Gasteiger partial charge on any atom is 0.408 e. The Labute approximate surface area is 495 Å². The average Bonchev–Trinajstić information content (AvgIpc) is 3.40. The first-order chi connectivity index (χ1) is 38.1. The second kappa shape index (κ2) is 32.4. The minimum atomic E-state index is -0.911. The van der Waals surface area contributed by atoms with Gasteiger partial charge in [0.2, 0.25) is 11.8 Å². The first-order valence-electron chi connectivity index (χ1n) is 26.5. The number of methoxy groups -OCH3 is 2. The summed E-state index contributed by atoms with van der Waals surface area (Å²) in [5.74, 6) is -1.30. The van der Waals surface area contributed by atoms with Gasteiger partial charge in [-0.15, -0.1) is 0 Å². The number of nitrogens with zero attached hydrogens (tertiary/aromatic N) is 4. The van der Waals surface area contributed by atoms with Gasteiger partial charge in [-0.1, -0.05) is 58.5 Å². The number of anilines is 2. The molecule has 6 rings (SSSR count). The summed E-state index contributed by atoms with van der Waals surface area (Å²) in [5, 5.41) is 10.5. The third-order valence-corrected chi connectivity index (χ3v) is 13.5. The molecular weight excluding hydrogens is 1130 g/mol. The summed E-state index contributed by atoms with van der Waals surface area (Å²) in [4.78, 5) is 71.1. The molecule has 4 aromatic rings. The number of hydrogen-bond acceptors (Lipinski definition) is 13. The molecule has 2 aliphatic heterocycles. The molecule has 0 spiro atoms. The van der Waals surface area contributed by atoms with Crippen molar-refractivity contribution < 1.29 is 51.7 Å². The first-order valence-corrected chi connectivity index (χ1v) is 28.1. The second-order valence-corrected chi connectivity index (χ2v) is 23.4. The van der Waals surface area contributed by atoms with Gasteiger partial charge in [0, 0.05) is 135 Å². The van der Waals surface area contributed by atoms with E-state index in [1.54, 1.807) is 114 Å². The monoisotopic (exact) mass is 1210 g/mol. The van der Waals surface area contributed by atoms with Gasteiger partial charge in [0.05, 0.1) is 13.2 Å². The maximum absolute atomic E-state index is 14.1. The van der Waals surface area contributed by atoms with Crippen LogP contribution in [0.2, 0.25) is 20.1 Å². The summed E-state index contributed by atoms with van der Waals surface area (Å²) in [7, 11) is 3.29. The number of alkyl carbamates (subject to hydrolysis) is 2. The van der Waals surface area contributed by atoms with Crippen molar-refractivity contribution >= 4 is 88.1 Å². The number of benzene rings is 4. The normalized spacial score (nSPS) is 15.2. The summed E-state index contributed by atoms with van der Waals surface area (Å²) in [6, 6.07) is 17.3. The van der Waals surface area contributed by atoms with Crippen LogP contribution >= 0.6 is 46.4 Å². The smallest absolute Gasteiger partial charge is 0.408 e. The zero-order valence-electron chi connectivity index (χ0n) is 47.8. The van der Waals surface area contributed by atoms with Crippen molar-refractivity contribution in [2.24, 2.45) is 5.73 Å². The molecule has 4 atom stereocenters. The van der Waals surface area contributed by atoms with Crippen molar-refractivity contribution in [2.75, 3.05) is 89.6 Å². The van der Waals surface area contributed by atoms with Crippen molar-refractivity contribution in [3.05, 3.63) is 127 Å². The molecule has 0 aliphatic carbocycles. The molecule has 4 amide bonds. The van der Waals surface area contributed by atoms with E-state index in [1.807, 2.05) is 18.7 Å². The van der Waals surface area contributed by atoms with Gasteiger partial charge in [0.1, 0.15) is 34.9 Å². The SMILES string of the molecule is CC(C)(C)OC(=O)N[C@H](Cc1ccc(Cl)cc1Cl)C(=O)N1CCN(c2ccc(F)cc2C=O)CC1.COC[C@@H](C)N.COC[C@@H](C)NCc1cc(F)ccc1N1CCN(C(=O)[C@@H](Cc2ccc(Cl)cc2Cl)NC(=O)OC(C)(C)C)CC1. The van der Waals surface area contributed by atoms with E-state index < -0.39 is 41.3 Å². The summed E-state index contributed by atoms with van der Waals surface area (Å²) >= 11 is 24.7. The zero-order chi connectivity index (χ0) is 60.2. The molecule has 2 heterocycles. The van der Waals surface area contributed by atoms with Gasteiger partial charge in [0.25, 0.3) is 0 Å². The number of rotatable bonds is 18. The van der Waals surface area contributed by atoms with E-state index >= 15 is 0 Å². The highest BCUT2D eigenvalue weighted by Gasteiger charge is 2.33. The van der Waals surface area contributed by atoms with Crippen molar-refractivity contribution in [1.29, 1.82) is 0 Å². The lowest BCUT2D eigenvalue weighted by Gasteiger charge is -2.38. The molecular formula is C58H78Cl4F2N8O9. The maximum atomic E-state index is 14.1. The molecule has 23 heteroatoms. The highest BCUT2D eigenvalue weighted by Crippen LogP contribution is 2.28. The van der Waals surface area contributed by atoms with Crippen LogP contribution in [0.3, 0.4) is 0 Å². The number of carbonyl (C=O) groups excluding carboxylic acids is 5. The third kappa shape index (κ3) is 23.3. The molecule has 5 N–H and O–H groups in total. The highest BCUT2D eigenvalue weighted by atomic mass is 35.5. The number of nitrogens with one attached hydrogen (secondary N) is 3. The van der Waals surface area contributed by atoms with Crippen LogP contribution in [0.15, 0.2) is 72.8 Å². The largest absolute Gasteiger partial charge is 0.444 e. The number of carbonyl (C=O) groups is 5. The van der Waals surface area contributed by atoms with Crippen molar-refractivity contribution in [2.45, 2.75) is 110 Å². The minimum absolute atomic E-state index is 0.110. The predicted molar refractivity (Wildman–Crippen MR) is 316 cm³/mol. The highest BCUT2D eigenvalue weighted by molar-refractivity contribution is 6.35. The van der Waals surface area contributed by atoms with Crippen molar-refractivity contribution in [3.63, 3.8) is 0 Å². The number of hydrogen-bond donors (Lipinski definition) is 4. The van der Waals surface area contributed by atoms with Gasteiger partial charge in [-0.25, -0.2) is 18.4 Å². The fourth-order valence-corrected chi connectivity index (χ4v) is 9.63. The van der Waals surface area contributed by atoms with Gasteiger partial charge in [-0.05, 0) is 133 Å². The first kappa shape index (κ1) is 68.0.